The molecule has 0 saturated heterocycles. The molecule has 3 aromatic rings. The molecule has 0 N–H and O–H groups in total. The van der Waals surface area contributed by atoms with E-state index >= 15 is 0 Å². The monoisotopic (exact) mass is 354 g/mol. The molecule has 0 radical (unpaired) electrons. The first-order chi connectivity index (χ1) is 12.3. The second-order valence-electron chi connectivity index (χ2n) is 5.13. The van der Waals surface area contributed by atoms with Gasteiger partial charge in [-0.05, 0) is 60.7 Å². The van der Waals surface area contributed by atoms with E-state index in [0.717, 1.165) is 28.3 Å². The van der Waals surface area contributed by atoms with Crippen LogP contribution in [-0.2, 0) is 0 Å². The molecule has 0 unspecified atom stereocenters. The summed E-state index contributed by atoms with van der Waals surface area (Å²) in [4.78, 5) is 0. The normalized spacial score (nSPS) is 10.4. The summed E-state index contributed by atoms with van der Waals surface area (Å²) in [7, 11) is 1.96. The first-order valence-electron chi connectivity index (χ1n) is 7.78. The SMILES string of the molecule is COc1ccc(OP(Oc2ccc(OC)cc2)c2ccccc2)cc1. The average molecular weight is 354 g/mol. The predicted octanol–water partition coefficient (Wildman–Crippen LogP) is 4.80. The summed E-state index contributed by atoms with van der Waals surface area (Å²) in [5.41, 5.74) is 0. The molecule has 0 spiro atoms. The minimum atomic E-state index is -1.32. The Labute approximate surface area is 148 Å². The number of methoxy groups -OCH3 is 2. The molecule has 3 rings (SSSR count). The number of hydrogen-bond donors (Lipinski definition) is 0. The second-order valence-corrected chi connectivity index (χ2v) is 6.52. The van der Waals surface area contributed by atoms with Crippen LogP contribution in [0.4, 0.5) is 0 Å². The van der Waals surface area contributed by atoms with Gasteiger partial charge in [-0.3, -0.25) is 0 Å². The van der Waals surface area contributed by atoms with E-state index in [1.807, 2.05) is 78.9 Å². The van der Waals surface area contributed by atoms with Gasteiger partial charge in [0.05, 0.1) is 19.5 Å². The van der Waals surface area contributed by atoms with Crippen molar-refractivity contribution in [1.82, 2.24) is 0 Å². The number of hydrogen-bond acceptors (Lipinski definition) is 4. The molecule has 128 valence electrons. The Balaban J connectivity index is 1.81. The maximum Gasteiger partial charge on any atom is 0.326 e. The molecule has 0 aromatic heterocycles. The van der Waals surface area contributed by atoms with Crippen LogP contribution in [0.2, 0.25) is 0 Å². The van der Waals surface area contributed by atoms with Crippen LogP contribution >= 0.6 is 8.38 Å². The topological polar surface area (TPSA) is 36.9 Å². The van der Waals surface area contributed by atoms with Gasteiger partial charge in [0.25, 0.3) is 0 Å². The highest BCUT2D eigenvalue weighted by atomic mass is 31.2. The first-order valence-corrected chi connectivity index (χ1v) is 8.95. The van der Waals surface area contributed by atoms with E-state index in [1.54, 1.807) is 14.2 Å². The van der Waals surface area contributed by atoms with Gasteiger partial charge in [0.1, 0.15) is 23.0 Å². The van der Waals surface area contributed by atoms with E-state index < -0.39 is 8.38 Å². The van der Waals surface area contributed by atoms with Gasteiger partial charge in [0.15, 0.2) is 0 Å². The van der Waals surface area contributed by atoms with Crippen LogP contribution in [0.5, 0.6) is 23.0 Å². The van der Waals surface area contributed by atoms with Crippen molar-refractivity contribution < 1.29 is 18.5 Å². The minimum Gasteiger partial charge on any atom is -0.497 e. The zero-order valence-electron chi connectivity index (χ0n) is 14.1. The molecular formula is C20H19O4P. The Kier molecular flexibility index (Phi) is 5.76. The zero-order valence-corrected chi connectivity index (χ0v) is 15.0. The summed E-state index contributed by atoms with van der Waals surface area (Å²) < 4.78 is 22.6. The molecule has 0 aliphatic heterocycles. The maximum atomic E-state index is 6.12. The van der Waals surface area contributed by atoms with Crippen molar-refractivity contribution in [2.45, 2.75) is 0 Å². The molecule has 5 heteroatoms. The van der Waals surface area contributed by atoms with Crippen molar-refractivity contribution in [3.63, 3.8) is 0 Å². The van der Waals surface area contributed by atoms with E-state index in [9.17, 15) is 0 Å². The van der Waals surface area contributed by atoms with Gasteiger partial charge in [-0.2, -0.15) is 0 Å². The van der Waals surface area contributed by atoms with Gasteiger partial charge in [-0.25, -0.2) is 0 Å². The number of rotatable bonds is 7. The van der Waals surface area contributed by atoms with Gasteiger partial charge in [0, 0.05) is 0 Å². The molecule has 0 heterocycles. The molecule has 0 atom stereocenters. The van der Waals surface area contributed by atoms with Crippen LogP contribution in [0.15, 0.2) is 78.9 Å². The molecular weight excluding hydrogens is 335 g/mol. The fourth-order valence-electron chi connectivity index (χ4n) is 2.14. The van der Waals surface area contributed by atoms with Crippen molar-refractivity contribution in [3.8, 4) is 23.0 Å². The lowest BCUT2D eigenvalue weighted by Gasteiger charge is -2.19. The van der Waals surface area contributed by atoms with Crippen LogP contribution in [0.1, 0.15) is 0 Å². The summed E-state index contributed by atoms with van der Waals surface area (Å²) in [6, 6.07) is 24.8. The predicted molar refractivity (Wildman–Crippen MR) is 100 cm³/mol. The van der Waals surface area contributed by atoms with Gasteiger partial charge in [-0.15, -0.1) is 0 Å². The van der Waals surface area contributed by atoms with Crippen LogP contribution < -0.4 is 23.8 Å². The number of benzene rings is 3. The highest BCUT2D eigenvalue weighted by molar-refractivity contribution is 7.56. The third-order valence-corrected chi connectivity index (χ3v) is 4.94. The van der Waals surface area contributed by atoms with E-state index in [4.69, 9.17) is 18.5 Å². The molecule has 4 nitrogen and oxygen atoms in total. The Morgan fingerprint density at radius 2 is 0.920 bits per heavy atom. The van der Waals surface area contributed by atoms with E-state index in [-0.39, 0.29) is 0 Å². The molecule has 0 amide bonds. The average Bonchev–Trinajstić information content (AvgIpc) is 2.69. The van der Waals surface area contributed by atoms with Gasteiger partial charge < -0.3 is 18.5 Å². The highest BCUT2D eigenvalue weighted by Gasteiger charge is 2.18. The second kappa shape index (κ2) is 8.41. The summed E-state index contributed by atoms with van der Waals surface area (Å²) in [6.07, 6.45) is 0. The highest BCUT2D eigenvalue weighted by Crippen LogP contribution is 2.40. The van der Waals surface area contributed by atoms with Crippen molar-refractivity contribution in [1.29, 1.82) is 0 Å². The maximum absolute atomic E-state index is 6.12. The summed E-state index contributed by atoms with van der Waals surface area (Å²) in [6.45, 7) is 0. The van der Waals surface area contributed by atoms with Crippen LogP contribution in [-0.4, -0.2) is 14.2 Å². The lowest BCUT2D eigenvalue weighted by atomic mass is 10.3. The molecule has 0 saturated carbocycles. The van der Waals surface area contributed by atoms with Crippen LogP contribution in [0.3, 0.4) is 0 Å². The Morgan fingerprint density at radius 1 is 0.520 bits per heavy atom. The molecule has 3 aromatic carbocycles. The zero-order chi connectivity index (χ0) is 17.5. The van der Waals surface area contributed by atoms with Crippen molar-refractivity contribution in [3.05, 3.63) is 78.9 Å². The quantitative estimate of drug-likeness (QED) is 0.571. The van der Waals surface area contributed by atoms with Crippen LogP contribution in [0.25, 0.3) is 0 Å². The van der Waals surface area contributed by atoms with Gasteiger partial charge in [-0.1, -0.05) is 18.2 Å². The summed E-state index contributed by atoms with van der Waals surface area (Å²) >= 11 is 0. The Bertz CT molecular complexity index is 724. The van der Waals surface area contributed by atoms with Crippen molar-refractivity contribution in [2.75, 3.05) is 14.2 Å². The fraction of sp³-hybridized carbons (Fsp3) is 0.100. The number of ether oxygens (including phenoxy) is 2. The third-order valence-electron chi connectivity index (χ3n) is 3.46. The Hall–Kier alpha value is -2.71. The first kappa shape index (κ1) is 17.1. The molecule has 0 bridgehead atoms. The summed E-state index contributed by atoms with van der Waals surface area (Å²) in [5, 5.41) is 0.990. The fourth-order valence-corrected chi connectivity index (χ4v) is 3.43. The molecule has 25 heavy (non-hydrogen) atoms. The molecule has 0 aliphatic carbocycles. The summed E-state index contributed by atoms with van der Waals surface area (Å²) in [5.74, 6) is 3.02. The van der Waals surface area contributed by atoms with E-state index in [1.165, 1.54) is 0 Å². The standard InChI is InChI=1S/C20H19O4P/c1-21-16-8-12-18(13-9-16)23-25(20-6-4-3-5-7-20)24-19-14-10-17(22-2)11-15-19/h3-15H,1-2H3. The molecule has 0 aliphatic rings. The smallest absolute Gasteiger partial charge is 0.326 e. The van der Waals surface area contributed by atoms with Gasteiger partial charge in [0.2, 0.25) is 0 Å². The van der Waals surface area contributed by atoms with Crippen LogP contribution in [0, 0.1) is 0 Å². The van der Waals surface area contributed by atoms with Gasteiger partial charge >= 0.3 is 8.38 Å². The lowest BCUT2D eigenvalue weighted by Crippen LogP contribution is -2.09. The lowest BCUT2D eigenvalue weighted by molar-refractivity contribution is 0.413. The van der Waals surface area contributed by atoms with Crippen molar-refractivity contribution in [2.24, 2.45) is 0 Å². The Morgan fingerprint density at radius 3 is 1.32 bits per heavy atom. The third kappa shape index (κ3) is 4.65. The largest absolute Gasteiger partial charge is 0.497 e. The van der Waals surface area contributed by atoms with E-state index in [0.29, 0.717) is 0 Å². The molecule has 0 fully saturated rings. The minimum absolute atomic E-state index is 0.726. The van der Waals surface area contributed by atoms with Crippen molar-refractivity contribution >= 4 is 13.7 Å². The van der Waals surface area contributed by atoms with E-state index in [2.05, 4.69) is 0 Å².